The van der Waals surface area contributed by atoms with Crippen molar-refractivity contribution in [1.82, 2.24) is 4.57 Å². The largest absolute Gasteiger partial charge is 0.310 e. The molecule has 7 aromatic carbocycles. The van der Waals surface area contributed by atoms with E-state index in [0.29, 0.717) is 11.8 Å². The first-order valence-corrected chi connectivity index (χ1v) is 19.7. The first kappa shape index (κ1) is 31.0. The summed E-state index contributed by atoms with van der Waals surface area (Å²) >= 11 is 0. The minimum Gasteiger partial charge on any atom is -0.310 e. The predicted molar refractivity (Wildman–Crippen MR) is 223 cm³/mol. The smallest absolute Gasteiger partial charge is 0.0561 e. The van der Waals surface area contributed by atoms with Crippen molar-refractivity contribution in [2.75, 3.05) is 4.90 Å². The molecule has 1 heterocycles. The zero-order valence-electron chi connectivity index (χ0n) is 30.5. The maximum absolute atomic E-state index is 2.57. The van der Waals surface area contributed by atoms with Crippen LogP contribution in [-0.4, -0.2) is 4.57 Å². The number of para-hydroxylation sites is 2. The highest BCUT2D eigenvalue weighted by molar-refractivity contribution is 6.11. The van der Waals surface area contributed by atoms with Gasteiger partial charge in [0.2, 0.25) is 0 Å². The topological polar surface area (TPSA) is 8.17 Å². The van der Waals surface area contributed by atoms with Crippen LogP contribution in [0.5, 0.6) is 0 Å². The van der Waals surface area contributed by atoms with Crippen molar-refractivity contribution in [2.45, 2.75) is 44.9 Å². The molecule has 0 radical (unpaired) electrons. The number of benzene rings is 7. The van der Waals surface area contributed by atoms with Crippen molar-refractivity contribution < 1.29 is 0 Å². The summed E-state index contributed by atoms with van der Waals surface area (Å²) in [4.78, 5) is 2.52. The summed E-state index contributed by atoms with van der Waals surface area (Å²) in [5.74, 6) is 2.96. The Labute approximate surface area is 312 Å². The molecule has 0 saturated heterocycles. The van der Waals surface area contributed by atoms with E-state index >= 15 is 0 Å². The minimum absolute atomic E-state index is 0.0788. The lowest BCUT2D eigenvalue weighted by Gasteiger charge is -2.54. The maximum Gasteiger partial charge on any atom is 0.0561 e. The number of hydrogen-bond acceptors (Lipinski definition) is 1. The molecule has 2 bridgehead atoms. The molecule has 0 aliphatic heterocycles. The van der Waals surface area contributed by atoms with E-state index in [1.807, 2.05) is 0 Å². The van der Waals surface area contributed by atoms with Crippen molar-refractivity contribution in [3.63, 3.8) is 0 Å². The molecule has 53 heavy (non-hydrogen) atoms. The molecule has 2 fully saturated rings. The van der Waals surface area contributed by atoms with Crippen LogP contribution in [0.4, 0.5) is 17.1 Å². The molecule has 2 saturated carbocycles. The summed E-state index contributed by atoms with van der Waals surface area (Å²) < 4.78 is 2.43. The molecule has 1 spiro atoms. The summed E-state index contributed by atoms with van der Waals surface area (Å²) in [6, 6.07) is 59.3. The van der Waals surface area contributed by atoms with E-state index in [2.05, 4.69) is 181 Å². The Morgan fingerprint density at radius 3 is 2.13 bits per heavy atom. The molecule has 11 rings (SSSR count). The van der Waals surface area contributed by atoms with Gasteiger partial charge in [0.1, 0.15) is 0 Å². The molecule has 1 aromatic heterocycles. The SMILES string of the molecule is CC1CC2CC(C)C3(c4ccccc4-c4cc(N(c5ccc6c7ccccc7n(-c7ccccc7)c6c5)c5cccc6ccccc56)ccc43)C(C1)C2. The number of rotatable bonds is 4. The molecular weight excluding hydrogens is 641 g/mol. The summed E-state index contributed by atoms with van der Waals surface area (Å²) in [6.45, 7) is 5.07. The summed E-state index contributed by atoms with van der Waals surface area (Å²) in [5.41, 5.74) is 13.2. The Kier molecular flexibility index (Phi) is 6.84. The van der Waals surface area contributed by atoms with Gasteiger partial charge in [-0.1, -0.05) is 123 Å². The predicted octanol–water partition coefficient (Wildman–Crippen LogP) is 13.8. The average Bonchev–Trinajstić information content (AvgIpc) is 3.68. The van der Waals surface area contributed by atoms with Crippen molar-refractivity contribution in [3.8, 4) is 16.8 Å². The molecular formula is C51H44N2. The van der Waals surface area contributed by atoms with Gasteiger partial charge in [0, 0.05) is 38.6 Å². The van der Waals surface area contributed by atoms with Crippen LogP contribution in [0.3, 0.4) is 0 Å². The Morgan fingerprint density at radius 2 is 1.23 bits per heavy atom. The molecule has 8 aromatic rings. The molecule has 3 aliphatic rings. The van der Waals surface area contributed by atoms with E-state index in [-0.39, 0.29) is 5.41 Å². The van der Waals surface area contributed by atoms with Crippen LogP contribution in [0.1, 0.15) is 50.7 Å². The van der Waals surface area contributed by atoms with E-state index in [1.54, 1.807) is 11.1 Å². The molecule has 258 valence electrons. The monoisotopic (exact) mass is 684 g/mol. The lowest BCUT2D eigenvalue weighted by Crippen LogP contribution is -2.49. The van der Waals surface area contributed by atoms with E-state index in [1.165, 1.54) is 86.5 Å². The molecule has 0 N–H and O–H groups in total. The van der Waals surface area contributed by atoms with Gasteiger partial charge in [-0.3, -0.25) is 0 Å². The van der Waals surface area contributed by atoms with Gasteiger partial charge in [-0.15, -0.1) is 0 Å². The van der Waals surface area contributed by atoms with Crippen molar-refractivity contribution in [2.24, 2.45) is 23.7 Å². The second kappa shape index (κ2) is 11.7. The fourth-order valence-corrected chi connectivity index (χ4v) is 11.6. The molecule has 0 amide bonds. The first-order valence-electron chi connectivity index (χ1n) is 19.7. The molecule has 5 atom stereocenters. The van der Waals surface area contributed by atoms with Crippen LogP contribution in [0.25, 0.3) is 49.4 Å². The van der Waals surface area contributed by atoms with Crippen molar-refractivity contribution >= 4 is 49.6 Å². The summed E-state index contributed by atoms with van der Waals surface area (Å²) in [6.07, 6.45) is 5.42. The maximum atomic E-state index is 2.57. The van der Waals surface area contributed by atoms with Crippen LogP contribution in [0.15, 0.2) is 158 Å². The number of fused-ring (bicyclic) bond motifs is 12. The summed E-state index contributed by atoms with van der Waals surface area (Å²) in [7, 11) is 0. The third kappa shape index (κ3) is 4.45. The average molecular weight is 685 g/mol. The third-order valence-electron chi connectivity index (χ3n) is 13.5. The Balaban J connectivity index is 1.16. The van der Waals surface area contributed by atoms with E-state index in [4.69, 9.17) is 0 Å². The highest BCUT2D eigenvalue weighted by Crippen LogP contribution is 2.65. The number of hydrogen-bond donors (Lipinski definition) is 0. The van der Waals surface area contributed by atoms with Crippen molar-refractivity contribution in [1.29, 1.82) is 0 Å². The zero-order valence-corrected chi connectivity index (χ0v) is 30.5. The second-order valence-corrected chi connectivity index (χ2v) is 16.4. The first-order chi connectivity index (χ1) is 26.1. The van der Waals surface area contributed by atoms with Gasteiger partial charge in [-0.2, -0.15) is 0 Å². The molecule has 2 heteroatoms. The fourth-order valence-electron chi connectivity index (χ4n) is 11.6. The van der Waals surface area contributed by atoms with Gasteiger partial charge in [-0.05, 0) is 126 Å². The molecule has 3 aliphatic carbocycles. The minimum atomic E-state index is 0.0788. The van der Waals surface area contributed by atoms with Gasteiger partial charge in [0.05, 0.1) is 16.7 Å². The van der Waals surface area contributed by atoms with E-state index in [0.717, 1.165) is 17.5 Å². The van der Waals surface area contributed by atoms with Crippen LogP contribution >= 0.6 is 0 Å². The number of nitrogens with zero attached hydrogens (tertiary/aromatic N) is 2. The van der Waals surface area contributed by atoms with Crippen LogP contribution in [0, 0.1) is 23.7 Å². The third-order valence-corrected chi connectivity index (χ3v) is 13.5. The van der Waals surface area contributed by atoms with Gasteiger partial charge in [0.15, 0.2) is 0 Å². The van der Waals surface area contributed by atoms with Crippen molar-refractivity contribution in [3.05, 3.63) is 169 Å². The van der Waals surface area contributed by atoms with Crippen LogP contribution in [0.2, 0.25) is 0 Å². The van der Waals surface area contributed by atoms with Gasteiger partial charge in [-0.25, -0.2) is 0 Å². The second-order valence-electron chi connectivity index (χ2n) is 16.4. The van der Waals surface area contributed by atoms with Crippen LogP contribution in [-0.2, 0) is 5.41 Å². The highest BCUT2D eigenvalue weighted by atomic mass is 15.1. The fraction of sp³-hybridized carbons (Fsp3) is 0.216. The van der Waals surface area contributed by atoms with Gasteiger partial charge >= 0.3 is 0 Å². The molecule has 2 nitrogen and oxygen atoms in total. The van der Waals surface area contributed by atoms with E-state index in [9.17, 15) is 0 Å². The lowest BCUT2D eigenvalue weighted by molar-refractivity contribution is 0.0426. The normalized spacial score (nSPS) is 23.1. The molecule has 5 unspecified atom stereocenters. The van der Waals surface area contributed by atoms with Crippen LogP contribution < -0.4 is 4.90 Å². The highest BCUT2D eigenvalue weighted by Gasteiger charge is 2.56. The standard InChI is InChI=1S/C51H44N2/c1-33-27-35-29-34(2)51(37(28-33)30-35)46-20-10-8-18-42(46)45-31-39(24-26-47(45)51)52(48-22-12-14-36-13-6-7-17-41(36)48)40-23-25-44-43-19-9-11-21-49(43)53(50(44)32-40)38-15-4-3-5-16-38/h3-26,31-35,37H,27-30H2,1-2H3. The van der Waals surface area contributed by atoms with Gasteiger partial charge < -0.3 is 9.47 Å². The summed E-state index contributed by atoms with van der Waals surface area (Å²) in [5, 5.41) is 5.04. The Morgan fingerprint density at radius 1 is 0.528 bits per heavy atom. The zero-order chi connectivity index (χ0) is 35.3. The number of anilines is 3. The van der Waals surface area contributed by atoms with E-state index < -0.39 is 0 Å². The van der Waals surface area contributed by atoms with Gasteiger partial charge in [0.25, 0.3) is 0 Å². The Hall–Kier alpha value is -5.60. The Bertz CT molecular complexity index is 2690. The number of aromatic nitrogens is 1. The quantitative estimate of drug-likeness (QED) is 0.179. The lowest BCUT2D eigenvalue weighted by atomic mass is 9.49.